The van der Waals surface area contributed by atoms with Crippen molar-refractivity contribution in [3.05, 3.63) is 89.2 Å². The fourth-order valence-corrected chi connectivity index (χ4v) is 4.50. The number of nitrogens with zero attached hydrogens (tertiary/aromatic N) is 2. The van der Waals surface area contributed by atoms with Crippen LogP contribution in [-0.4, -0.2) is 32.1 Å². The second-order valence-electron chi connectivity index (χ2n) is 7.28. The van der Waals surface area contributed by atoms with Crippen LogP contribution in [0.15, 0.2) is 66.9 Å². The van der Waals surface area contributed by atoms with Crippen molar-refractivity contribution in [1.29, 1.82) is 0 Å². The van der Waals surface area contributed by atoms with Crippen LogP contribution in [0.25, 0.3) is 0 Å². The van der Waals surface area contributed by atoms with E-state index in [4.69, 9.17) is 0 Å². The van der Waals surface area contributed by atoms with Crippen LogP contribution in [0.2, 0.25) is 0 Å². The fraction of sp³-hybridized carbons (Fsp3) is 0.167. The Kier molecular flexibility index (Phi) is 5.74. The smallest absolute Gasteiger partial charge is 0.255 e. The van der Waals surface area contributed by atoms with E-state index >= 15 is 0 Å². The van der Waals surface area contributed by atoms with Gasteiger partial charge in [-0.3, -0.25) is 9.10 Å². The quantitative estimate of drug-likeness (QED) is 0.645. The number of benzene rings is 2. The molecule has 2 aromatic carbocycles. The van der Waals surface area contributed by atoms with Crippen LogP contribution in [0.5, 0.6) is 0 Å². The number of fused-ring (bicyclic) bond motifs is 1. The minimum Gasteiger partial charge on any atom is -0.322 e. The summed E-state index contributed by atoms with van der Waals surface area (Å²) in [4.78, 5) is 17.0. The number of sulfonamides is 1. The maximum atomic E-state index is 12.8. The van der Waals surface area contributed by atoms with Gasteiger partial charge in [0.2, 0.25) is 10.0 Å². The lowest BCUT2D eigenvalue weighted by atomic mass is 10.0. The van der Waals surface area contributed by atoms with E-state index in [-0.39, 0.29) is 5.91 Å². The highest BCUT2D eigenvalue weighted by Gasteiger charge is 2.24. The zero-order chi connectivity index (χ0) is 21.8. The summed E-state index contributed by atoms with van der Waals surface area (Å²) < 4.78 is 25.4. The molecule has 0 saturated heterocycles. The molecule has 1 aliphatic heterocycles. The van der Waals surface area contributed by atoms with E-state index < -0.39 is 10.0 Å². The lowest BCUT2D eigenvalue weighted by Crippen LogP contribution is -2.34. The SMILES string of the molecule is CS(=O)(=O)N1CCCc2cc(C(=O)Nc3cccc(C#Cc4ccccn4)c3)ccc21. The van der Waals surface area contributed by atoms with E-state index in [2.05, 4.69) is 22.1 Å². The molecule has 156 valence electrons. The molecule has 0 fully saturated rings. The van der Waals surface area contributed by atoms with E-state index in [0.717, 1.165) is 24.0 Å². The molecule has 0 spiro atoms. The second kappa shape index (κ2) is 8.62. The molecule has 1 aliphatic rings. The monoisotopic (exact) mass is 431 g/mol. The lowest BCUT2D eigenvalue weighted by Gasteiger charge is -2.29. The van der Waals surface area contributed by atoms with Gasteiger partial charge >= 0.3 is 0 Å². The van der Waals surface area contributed by atoms with E-state index in [1.807, 2.05) is 30.3 Å². The van der Waals surface area contributed by atoms with E-state index in [0.29, 0.717) is 29.2 Å². The summed E-state index contributed by atoms with van der Waals surface area (Å²) in [6, 6.07) is 18.0. The number of rotatable bonds is 3. The first-order valence-corrected chi connectivity index (χ1v) is 11.7. The molecular formula is C24H21N3O3S. The largest absolute Gasteiger partial charge is 0.322 e. The number of hydrogen-bond donors (Lipinski definition) is 1. The van der Waals surface area contributed by atoms with Crippen LogP contribution in [0.3, 0.4) is 0 Å². The summed E-state index contributed by atoms with van der Waals surface area (Å²) in [7, 11) is -3.34. The van der Waals surface area contributed by atoms with Gasteiger partial charge in [-0.25, -0.2) is 13.4 Å². The van der Waals surface area contributed by atoms with Gasteiger partial charge in [-0.05, 0) is 72.9 Å². The number of aromatic nitrogens is 1. The van der Waals surface area contributed by atoms with Crippen molar-refractivity contribution in [2.75, 3.05) is 22.4 Å². The van der Waals surface area contributed by atoms with Crippen LogP contribution in [0, 0.1) is 11.8 Å². The molecule has 1 N–H and O–H groups in total. The summed E-state index contributed by atoms with van der Waals surface area (Å²) in [6.07, 6.45) is 4.35. The van der Waals surface area contributed by atoms with Crippen LogP contribution in [0.1, 0.15) is 33.6 Å². The molecule has 1 amide bonds. The van der Waals surface area contributed by atoms with Gasteiger partial charge in [0.05, 0.1) is 11.9 Å². The average molecular weight is 432 g/mol. The molecule has 0 bridgehead atoms. The van der Waals surface area contributed by atoms with E-state index in [1.165, 1.54) is 10.6 Å². The minimum absolute atomic E-state index is 0.255. The summed E-state index contributed by atoms with van der Waals surface area (Å²) in [5, 5.41) is 2.89. The van der Waals surface area contributed by atoms with Gasteiger partial charge in [-0.2, -0.15) is 0 Å². The van der Waals surface area contributed by atoms with Gasteiger partial charge in [-0.1, -0.05) is 18.1 Å². The second-order valence-corrected chi connectivity index (χ2v) is 9.19. The first kappa shape index (κ1) is 20.6. The fourth-order valence-electron chi connectivity index (χ4n) is 3.50. The predicted molar refractivity (Wildman–Crippen MR) is 122 cm³/mol. The van der Waals surface area contributed by atoms with E-state index in [9.17, 15) is 13.2 Å². The molecule has 31 heavy (non-hydrogen) atoms. The number of anilines is 2. The van der Waals surface area contributed by atoms with Crippen LogP contribution in [-0.2, 0) is 16.4 Å². The number of carbonyl (C=O) groups excluding carboxylic acids is 1. The Morgan fingerprint density at radius 1 is 1.06 bits per heavy atom. The first-order valence-electron chi connectivity index (χ1n) is 9.85. The van der Waals surface area contributed by atoms with Crippen LogP contribution in [0.4, 0.5) is 11.4 Å². The van der Waals surface area contributed by atoms with Crippen molar-refractivity contribution in [3.8, 4) is 11.8 Å². The summed E-state index contributed by atoms with van der Waals surface area (Å²) in [5.74, 6) is 5.79. The summed E-state index contributed by atoms with van der Waals surface area (Å²) in [6.45, 7) is 0.462. The molecular weight excluding hydrogens is 410 g/mol. The Hall–Kier alpha value is -3.63. The summed E-state index contributed by atoms with van der Waals surface area (Å²) in [5.41, 5.74) is 4.07. The van der Waals surface area contributed by atoms with Crippen LogP contribution < -0.4 is 9.62 Å². The molecule has 7 heteroatoms. The normalized spacial score (nSPS) is 13.0. The van der Waals surface area contributed by atoms with Crippen molar-refractivity contribution >= 4 is 27.3 Å². The summed E-state index contributed by atoms with van der Waals surface area (Å²) >= 11 is 0. The van der Waals surface area contributed by atoms with Gasteiger partial charge in [-0.15, -0.1) is 0 Å². The number of amides is 1. The predicted octanol–water partition coefficient (Wildman–Crippen LogP) is 3.45. The third-order valence-electron chi connectivity index (χ3n) is 4.94. The Morgan fingerprint density at radius 2 is 1.94 bits per heavy atom. The molecule has 4 rings (SSSR count). The van der Waals surface area contributed by atoms with Gasteiger partial charge in [0, 0.05) is 29.6 Å². The van der Waals surface area contributed by atoms with Gasteiger partial charge in [0.15, 0.2) is 0 Å². The van der Waals surface area contributed by atoms with E-state index in [1.54, 1.807) is 36.5 Å². The number of pyridine rings is 1. The lowest BCUT2D eigenvalue weighted by molar-refractivity contribution is 0.102. The Bertz CT molecular complexity index is 1290. The molecule has 3 aromatic rings. The molecule has 0 saturated carbocycles. The van der Waals surface area contributed by atoms with Crippen LogP contribution >= 0.6 is 0 Å². The minimum atomic E-state index is -3.34. The Labute approximate surface area is 182 Å². The maximum absolute atomic E-state index is 12.8. The first-order chi connectivity index (χ1) is 14.9. The third kappa shape index (κ3) is 4.93. The van der Waals surface area contributed by atoms with Gasteiger partial charge < -0.3 is 5.32 Å². The van der Waals surface area contributed by atoms with Crippen molar-refractivity contribution in [2.45, 2.75) is 12.8 Å². The number of carbonyl (C=O) groups is 1. The number of nitrogens with one attached hydrogen (secondary N) is 1. The van der Waals surface area contributed by atoms with Crippen molar-refractivity contribution in [2.24, 2.45) is 0 Å². The zero-order valence-corrected chi connectivity index (χ0v) is 17.8. The molecule has 1 aromatic heterocycles. The van der Waals surface area contributed by atoms with Gasteiger partial charge in [0.25, 0.3) is 5.91 Å². The van der Waals surface area contributed by atoms with Crippen molar-refractivity contribution in [1.82, 2.24) is 4.98 Å². The molecule has 0 atom stereocenters. The Balaban J connectivity index is 1.52. The number of hydrogen-bond acceptors (Lipinski definition) is 4. The highest BCUT2D eigenvalue weighted by Crippen LogP contribution is 2.30. The molecule has 0 aliphatic carbocycles. The standard InChI is InChI=1S/C24H21N3O3S/c1-31(29,30)27-15-5-7-19-17-20(11-13-23(19)27)24(28)26-22-9-4-6-18(16-22)10-12-21-8-2-3-14-25-21/h2-4,6,8-9,11,13-14,16-17H,5,7,15H2,1H3,(H,26,28). The average Bonchev–Trinajstić information content (AvgIpc) is 2.77. The zero-order valence-electron chi connectivity index (χ0n) is 17.0. The van der Waals surface area contributed by atoms with Gasteiger partial charge in [0.1, 0.15) is 5.69 Å². The highest BCUT2D eigenvalue weighted by atomic mass is 32.2. The van der Waals surface area contributed by atoms with Crippen molar-refractivity contribution in [3.63, 3.8) is 0 Å². The molecule has 2 heterocycles. The Morgan fingerprint density at radius 3 is 2.71 bits per heavy atom. The third-order valence-corrected chi connectivity index (χ3v) is 6.12. The van der Waals surface area contributed by atoms with Crippen molar-refractivity contribution < 1.29 is 13.2 Å². The maximum Gasteiger partial charge on any atom is 0.255 e. The topological polar surface area (TPSA) is 79.4 Å². The molecule has 0 unspecified atom stereocenters. The number of aryl methyl sites for hydroxylation is 1. The highest BCUT2D eigenvalue weighted by molar-refractivity contribution is 7.92. The molecule has 6 nitrogen and oxygen atoms in total. The molecule has 0 radical (unpaired) electrons.